The first kappa shape index (κ1) is 26.2. The molecule has 11 heteroatoms. The number of nitrogens with two attached hydrogens (primary N) is 1. The number of guanidine groups is 1. The van der Waals surface area contributed by atoms with Crippen LogP contribution < -0.4 is 15.8 Å². The Balaban J connectivity index is 1.75. The number of rotatable bonds is 7. The first-order valence-electron chi connectivity index (χ1n) is 11.0. The smallest absolute Gasteiger partial charge is 0.351 e. The molecule has 0 aliphatic carbocycles. The van der Waals surface area contributed by atoms with E-state index in [1.807, 2.05) is 0 Å². The number of benzene rings is 2. The van der Waals surface area contributed by atoms with Crippen LogP contribution in [0.1, 0.15) is 55.1 Å². The van der Waals surface area contributed by atoms with Crippen LogP contribution in [-0.4, -0.2) is 45.9 Å². The lowest BCUT2D eigenvalue weighted by atomic mass is 9.90. The minimum Gasteiger partial charge on any atom is -0.478 e. The van der Waals surface area contributed by atoms with Crippen molar-refractivity contribution in [2.45, 2.75) is 51.7 Å². The SMILES string of the molecule is Cc1cc(OC(=O)c2ccc(NC(=N)N)cc2)cc(C2=NOC(CC(=O)OC(C)(C)C)(C(=O)O)C2)c1. The number of carbonyl (C=O) groups excluding carboxylic acids is 2. The van der Waals surface area contributed by atoms with Crippen LogP contribution in [0.5, 0.6) is 5.75 Å². The summed E-state index contributed by atoms with van der Waals surface area (Å²) in [6.07, 6.45) is -0.697. The molecule has 36 heavy (non-hydrogen) atoms. The maximum absolute atomic E-state index is 12.6. The van der Waals surface area contributed by atoms with E-state index in [0.29, 0.717) is 17.0 Å². The number of nitrogens with zero attached hydrogens (tertiary/aromatic N) is 1. The standard InChI is InChI=1S/C25H28N4O7/c1-14-9-16(19-12-25(22(32)33,36-29-19)13-20(30)35-24(2,3)4)11-18(10-14)34-21(31)15-5-7-17(8-6-15)28-23(26)27/h5-11H,12-13H2,1-4H3,(H,32,33)(H4,26,27,28). The predicted molar refractivity (Wildman–Crippen MR) is 131 cm³/mol. The molecule has 3 rings (SSSR count). The summed E-state index contributed by atoms with van der Waals surface area (Å²) < 4.78 is 10.8. The van der Waals surface area contributed by atoms with Gasteiger partial charge in [-0.15, -0.1) is 0 Å². The molecule has 2 aromatic rings. The van der Waals surface area contributed by atoms with Crippen LogP contribution in [0.3, 0.4) is 0 Å². The summed E-state index contributed by atoms with van der Waals surface area (Å²) >= 11 is 0. The molecule has 0 fully saturated rings. The van der Waals surface area contributed by atoms with E-state index in [1.165, 1.54) is 12.1 Å². The lowest BCUT2D eigenvalue weighted by molar-refractivity contribution is -0.175. The highest BCUT2D eigenvalue weighted by Crippen LogP contribution is 2.33. The van der Waals surface area contributed by atoms with Gasteiger partial charge in [0.15, 0.2) is 5.96 Å². The van der Waals surface area contributed by atoms with Crippen LogP contribution in [0.2, 0.25) is 0 Å². The van der Waals surface area contributed by atoms with Crippen LogP contribution in [0.15, 0.2) is 47.6 Å². The molecule has 2 aromatic carbocycles. The third-order valence-corrected chi connectivity index (χ3v) is 5.02. The molecule has 0 bridgehead atoms. The maximum atomic E-state index is 12.6. The molecule has 11 nitrogen and oxygen atoms in total. The molecule has 0 amide bonds. The zero-order chi connectivity index (χ0) is 26.7. The third kappa shape index (κ3) is 6.59. The minimum atomic E-state index is -1.89. The van der Waals surface area contributed by atoms with E-state index in [2.05, 4.69) is 10.5 Å². The number of hydrogen-bond donors (Lipinski definition) is 4. The Kier molecular flexibility index (Phi) is 7.32. The van der Waals surface area contributed by atoms with Crippen molar-refractivity contribution in [3.8, 4) is 5.75 Å². The second-order valence-electron chi connectivity index (χ2n) is 9.41. The van der Waals surface area contributed by atoms with Crippen molar-refractivity contribution < 1.29 is 33.8 Å². The Morgan fingerprint density at radius 3 is 2.44 bits per heavy atom. The van der Waals surface area contributed by atoms with Gasteiger partial charge in [0.2, 0.25) is 5.60 Å². The van der Waals surface area contributed by atoms with Gasteiger partial charge in [0, 0.05) is 17.7 Å². The zero-order valence-corrected chi connectivity index (χ0v) is 20.4. The van der Waals surface area contributed by atoms with Gasteiger partial charge in [-0.3, -0.25) is 10.2 Å². The molecular formula is C25H28N4O7. The number of carbonyl (C=O) groups is 3. The highest BCUT2D eigenvalue weighted by atomic mass is 16.7. The Bertz CT molecular complexity index is 1230. The normalized spacial score (nSPS) is 16.9. The number of ether oxygens (including phenoxy) is 2. The van der Waals surface area contributed by atoms with Gasteiger partial charge in [0.1, 0.15) is 11.4 Å². The zero-order valence-electron chi connectivity index (χ0n) is 20.4. The second kappa shape index (κ2) is 10.1. The second-order valence-corrected chi connectivity index (χ2v) is 9.41. The summed E-state index contributed by atoms with van der Waals surface area (Å²) in [5.41, 5.74) is 4.96. The van der Waals surface area contributed by atoms with Crippen LogP contribution in [0, 0.1) is 12.3 Å². The molecule has 0 aromatic heterocycles. The van der Waals surface area contributed by atoms with Gasteiger partial charge in [-0.05, 0) is 75.7 Å². The number of carboxylic acid groups (broad SMARTS) is 1. The molecule has 0 radical (unpaired) electrons. The molecule has 0 saturated heterocycles. The van der Waals surface area contributed by atoms with E-state index < -0.39 is 35.5 Å². The predicted octanol–water partition coefficient (Wildman–Crippen LogP) is 3.20. The maximum Gasteiger partial charge on any atom is 0.351 e. The molecule has 0 saturated carbocycles. The van der Waals surface area contributed by atoms with E-state index in [4.69, 9.17) is 25.5 Å². The largest absolute Gasteiger partial charge is 0.478 e. The first-order chi connectivity index (χ1) is 16.8. The van der Waals surface area contributed by atoms with Crippen molar-refractivity contribution in [3.05, 3.63) is 59.2 Å². The molecule has 190 valence electrons. The minimum absolute atomic E-state index is 0.178. The molecule has 1 aliphatic heterocycles. The van der Waals surface area contributed by atoms with E-state index in [-0.39, 0.29) is 23.7 Å². The number of anilines is 1. The van der Waals surface area contributed by atoms with Gasteiger partial charge in [-0.1, -0.05) is 5.16 Å². The lowest BCUT2D eigenvalue weighted by Crippen LogP contribution is -2.42. The summed E-state index contributed by atoms with van der Waals surface area (Å²) in [7, 11) is 0. The van der Waals surface area contributed by atoms with E-state index in [0.717, 1.165) is 5.56 Å². The number of aliphatic carboxylic acids is 1. The fourth-order valence-electron chi connectivity index (χ4n) is 3.51. The number of oxime groups is 1. The van der Waals surface area contributed by atoms with Crippen molar-refractivity contribution in [1.82, 2.24) is 0 Å². The summed E-state index contributed by atoms with van der Waals surface area (Å²) in [6, 6.07) is 11.2. The van der Waals surface area contributed by atoms with Crippen LogP contribution in [0.4, 0.5) is 5.69 Å². The van der Waals surface area contributed by atoms with Gasteiger partial charge in [0.05, 0.1) is 17.7 Å². The molecule has 1 heterocycles. The van der Waals surface area contributed by atoms with E-state index >= 15 is 0 Å². The van der Waals surface area contributed by atoms with Crippen molar-refractivity contribution in [3.63, 3.8) is 0 Å². The lowest BCUT2D eigenvalue weighted by Gasteiger charge is -2.24. The number of carboxylic acids is 1. The van der Waals surface area contributed by atoms with Crippen molar-refractivity contribution in [2.24, 2.45) is 10.9 Å². The molecule has 1 atom stereocenters. The first-order valence-corrected chi connectivity index (χ1v) is 11.0. The van der Waals surface area contributed by atoms with Gasteiger partial charge < -0.3 is 30.5 Å². The Morgan fingerprint density at radius 1 is 1.19 bits per heavy atom. The van der Waals surface area contributed by atoms with Gasteiger partial charge in [0.25, 0.3) is 0 Å². The topological polar surface area (TPSA) is 173 Å². The Hall–Kier alpha value is -4.41. The van der Waals surface area contributed by atoms with Gasteiger partial charge in [-0.2, -0.15) is 0 Å². The van der Waals surface area contributed by atoms with Crippen molar-refractivity contribution >= 4 is 35.3 Å². The Labute approximate surface area is 207 Å². The molecule has 0 spiro atoms. The van der Waals surface area contributed by atoms with Crippen LogP contribution >= 0.6 is 0 Å². The van der Waals surface area contributed by atoms with E-state index in [1.54, 1.807) is 58.0 Å². The van der Waals surface area contributed by atoms with E-state index in [9.17, 15) is 19.5 Å². The average Bonchev–Trinajstić information content (AvgIpc) is 3.17. The number of nitrogens with one attached hydrogen (secondary N) is 2. The molecule has 5 N–H and O–H groups in total. The van der Waals surface area contributed by atoms with Gasteiger partial charge >= 0.3 is 17.9 Å². The summed E-state index contributed by atoms with van der Waals surface area (Å²) in [5.74, 6) is -2.67. The summed E-state index contributed by atoms with van der Waals surface area (Å²) in [4.78, 5) is 42.2. The van der Waals surface area contributed by atoms with Crippen molar-refractivity contribution in [1.29, 1.82) is 5.41 Å². The number of hydrogen-bond acceptors (Lipinski definition) is 8. The Morgan fingerprint density at radius 2 is 1.86 bits per heavy atom. The average molecular weight is 497 g/mol. The molecule has 1 unspecified atom stereocenters. The quantitative estimate of drug-likeness (QED) is 0.194. The summed E-state index contributed by atoms with van der Waals surface area (Å²) in [6.45, 7) is 6.83. The fourth-order valence-corrected chi connectivity index (χ4v) is 3.51. The monoisotopic (exact) mass is 496 g/mol. The highest BCUT2D eigenvalue weighted by Gasteiger charge is 2.50. The van der Waals surface area contributed by atoms with Crippen molar-refractivity contribution in [2.75, 3.05) is 5.32 Å². The number of aryl methyl sites for hydroxylation is 1. The highest BCUT2D eigenvalue weighted by molar-refractivity contribution is 6.06. The number of esters is 2. The third-order valence-electron chi connectivity index (χ3n) is 5.02. The fraction of sp³-hybridized carbons (Fsp3) is 0.320. The molecule has 1 aliphatic rings. The van der Waals surface area contributed by atoms with Crippen LogP contribution in [-0.2, 0) is 19.2 Å². The summed E-state index contributed by atoms with van der Waals surface area (Å²) in [5, 5.41) is 23.6. The van der Waals surface area contributed by atoms with Gasteiger partial charge in [-0.25, -0.2) is 9.59 Å². The molecular weight excluding hydrogens is 468 g/mol. The van der Waals surface area contributed by atoms with Crippen LogP contribution in [0.25, 0.3) is 0 Å².